The van der Waals surface area contributed by atoms with Crippen molar-refractivity contribution in [2.75, 3.05) is 0 Å². The predicted molar refractivity (Wildman–Crippen MR) is 108 cm³/mol. The Morgan fingerprint density at radius 1 is 1.00 bits per heavy atom. The number of benzene rings is 2. The molecule has 29 heavy (non-hydrogen) atoms. The van der Waals surface area contributed by atoms with E-state index >= 15 is 0 Å². The molecule has 0 amide bonds. The van der Waals surface area contributed by atoms with Gasteiger partial charge in [0.15, 0.2) is 5.16 Å². The van der Waals surface area contributed by atoms with Gasteiger partial charge in [0.05, 0.1) is 23.3 Å². The zero-order valence-corrected chi connectivity index (χ0v) is 16.4. The van der Waals surface area contributed by atoms with Crippen LogP contribution in [0.15, 0.2) is 59.8 Å². The number of rotatable bonds is 7. The number of para-hydroxylation sites is 2. The highest BCUT2D eigenvalue weighted by atomic mass is 32.2. The summed E-state index contributed by atoms with van der Waals surface area (Å²) in [6.45, 7) is -1.96. The Kier molecular flexibility index (Phi) is 4.79. The molecule has 0 N–H and O–H groups in total. The third-order valence-corrected chi connectivity index (χ3v) is 6.03. The lowest BCUT2D eigenvalue weighted by molar-refractivity contribution is 0.0722. The minimum absolute atomic E-state index is 0.302. The fourth-order valence-corrected chi connectivity index (χ4v) is 4.38. The molecule has 0 unspecified atom stereocenters. The number of hydrogen-bond donors (Lipinski definition) is 0. The van der Waals surface area contributed by atoms with Gasteiger partial charge in [-0.2, -0.15) is 8.78 Å². The summed E-state index contributed by atoms with van der Waals surface area (Å²) >= 11 is 1.40. The molecule has 8 heteroatoms. The molecule has 0 radical (unpaired) electrons. The first-order valence-electron chi connectivity index (χ1n) is 9.54. The van der Waals surface area contributed by atoms with Crippen LogP contribution < -0.4 is 0 Å². The number of hydrogen-bond acceptors (Lipinski definition) is 4. The molecule has 1 aliphatic carbocycles. The zero-order chi connectivity index (χ0) is 19.8. The molecule has 1 saturated carbocycles. The van der Waals surface area contributed by atoms with Gasteiger partial charge in [-0.25, -0.2) is 4.98 Å². The largest absolute Gasteiger partial charge is 0.320 e. The van der Waals surface area contributed by atoms with E-state index in [1.807, 2.05) is 18.2 Å². The maximum absolute atomic E-state index is 13.7. The fraction of sp³-hybridized carbons (Fsp3) is 0.286. The van der Waals surface area contributed by atoms with E-state index in [4.69, 9.17) is 0 Å². The lowest BCUT2D eigenvalue weighted by Crippen LogP contribution is -2.07. The summed E-state index contributed by atoms with van der Waals surface area (Å²) in [5.74, 6) is 2.08. The Morgan fingerprint density at radius 2 is 1.76 bits per heavy atom. The van der Waals surface area contributed by atoms with Gasteiger partial charge in [0.2, 0.25) is 0 Å². The summed E-state index contributed by atoms with van der Waals surface area (Å²) in [6, 6.07) is 17.1. The Bertz CT molecular complexity index is 1130. The summed E-state index contributed by atoms with van der Waals surface area (Å²) in [5.41, 5.74) is 2.19. The summed E-state index contributed by atoms with van der Waals surface area (Å²) in [4.78, 5) is 4.42. The van der Waals surface area contributed by atoms with Crippen LogP contribution in [0.25, 0.3) is 11.0 Å². The lowest BCUT2D eigenvalue weighted by atomic mass is 10.2. The van der Waals surface area contributed by atoms with Crippen LogP contribution in [0.3, 0.4) is 0 Å². The molecular weight excluding hydrogens is 392 g/mol. The van der Waals surface area contributed by atoms with Gasteiger partial charge < -0.3 is 4.57 Å². The highest BCUT2D eigenvalue weighted by molar-refractivity contribution is 7.98. The molecule has 0 aliphatic heterocycles. The van der Waals surface area contributed by atoms with E-state index in [0.29, 0.717) is 35.1 Å². The van der Waals surface area contributed by atoms with Crippen molar-refractivity contribution in [3.8, 4) is 0 Å². The molecule has 1 aliphatic rings. The van der Waals surface area contributed by atoms with Gasteiger partial charge in [0.1, 0.15) is 11.6 Å². The molecule has 0 spiro atoms. The summed E-state index contributed by atoms with van der Waals surface area (Å²) in [6.07, 6.45) is 2.25. The topological polar surface area (TPSA) is 48.5 Å². The average Bonchev–Trinajstić information content (AvgIpc) is 3.39. The van der Waals surface area contributed by atoms with Crippen molar-refractivity contribution in [2.45, 2.75) is 42.8 Å². The van der Waals surface area contributed by atoms with Crippen LogP contribution in [-0.2, 0) is 12.3 Å². The summed E-state index contributed by atoms with van der Waals surface area (Å²) in [7, 11) is 0. The molecule has 5 rings (SSSR count). The van der Waals surface area contributed by atoms with E-state index < -0.39 is 6.55 Å². The first kappa shape index (κ1) is 18.3. The SMILES string of the molecule is FC(F)n1c(CSc2nnc(C3CC3)n2Cc2ccccc2)nc2ccccc21. The summed E-state index contributed by atoms with van der Waals surface area (Å²) in [5, 5.41) is 9.51. The van der Waals surface area contributed by atoms with E-state index in [0.717, 1.165) is 34.0 Å². The van der Waals surface area contributed by atoms with Crippen molar-refractivity contribution in [2.24, 2.45) is 0 Å². The normalized spacial score (nSPS) is 14.2. The third kappa shape index (κ3) is 3.64. The van der Waals surface area contributed by atoms with E-state index in [2.05, 4.69) is 31.9 Å². The average molecular weight is 411 g/mol. The van der Waals surface area contributed by atoms with Crippen LogP contribution in [0.2, 0.25) is 0 Å². The van der Waals surface area contributed by atoms with Gasteiger partial charge in [-0.05, 0) is 30.5 Å². The maximum atomic E-state index is 13.7. The molecule has 1 fully saturated rings. The number of nitrogens with zero attached hydrogens (tertiary/aromatic N) is 5. The number of imidazole rings is 1. The van der Waals surface area contributed by atoms with Gasteiger partial charge in [-0.15, -0.1) is 10.2 Å². The number of fused-ring (bicyclic) bond motifs is 1. The molecule has 2 aromatic carbocycles. The monoisotopic (exact) mass is 411 g/mol. The van der Waals surface area contributed by atoms with Crippen LogP contribution in [0.4, 0.5) is 8.78 Å². The molecule has 2 aromatic heterocycles. The first-order chi connectivity index (χ1) is 14.2. The quantitative estimate of drug-likeness (QED) is 0.390. The Balaban J connectivity index is 1.44. The minimum Gasteiger partial charge on any atom is -0.301 e. The molecule has 0 saturated heterocycles. The van der Waals surface area contributed by atoms with Gasteiger partial charge in [0, 0.05) is 5.92 Å². The smallest absolute Gasteiger partial charge is 0.301 e. The third-order valence-electron chi connectivity index (χ3n) is 5.07. The number of thioether (sulfide) groups is 1. The van der Waals surface area contributed by atoms with Crippen molar-refractivity contribution in [3.05, 3.63) is 71.8 Å². The first-order valence-corrected chi connectivity index (χ1v) is 10.5. The lowest BCUT2D eigenvalue weighted by Gasteiger charge is -2.11. The van der Waals surface area contributed by atoms with Crippen LogP contribution in [0.5, 0.6) is 0 Å². The van der Waals surface area contributed by atoms with E-state index in [1.165, 1.54) is 11.8 Å². The Morgan fingerprint density at radius 3 is 2.52 bits per heavy atom. The maximum Gasteiger partial charge on any atom is 0.320 e. The van der Waals surface area contributed by atoms with E-state index in [-0.39, 0.29) is 0 Å². The van der Waals surface area contributed by atoms with Crippen molar-refractivity contribution >= 4 is 22.8 Å². The predicted octanol–water partition coefficient (Wildman–Crippen LogP) is 5.24. The van der Waals surface area contributed by atoms with E-state index in [1.54, 1.807) is 24.3 Å². The molecular formula is C21H19F2N5S. The molecule has 5 nitrogen and oxygen atoms in total. The second-order valence-corrected chi connectivity index (χ2v) is 8.08. The van der Waals surface area contributed by atoms with E-state index in [9.17, 15) is 8.78 Å². The second kappa shape index (κ2) is 7.59. The Labute approximate surface area is 170 Å². The fourth-order valence-electron chi connectivity index (χ4n) is 3.51. The van der Waals surface area contributed by atoms with Gasteiger partial charge in [-0.1, -0.05) is 54.2 Å². The highest BCUT2D eigenvalue weighted by Crippen LogP contribution is 2.40. The number of aromatic nitrogens is 5. The van der Waals surface area contributed by atoms with Crippen molar-refractivity contribution < 1.29 is 8.78 Å². The van der Waals surface area contributed by atoms with Gasteiger partial charge in [-0.3, -0.25) is 4.57 Å². The van der Waals surface area contributed by atoms with Gasteiger partial charge in [0.25, 0.3) is 0 Å². The zero-order valence-electron chi connectivity index (χ0n) is 15.6. The second-order valence-electron chi connectivity index (χ2n) is 7.14. The highest BCUT2D eigenvalue weighted by Gasteiger charge is 2.30. The number of alkyl halides is 2. The van der Waals surface area contributed by atoms with Crippen LogP contribution in [0, 0.1) is 0 Å². The Hall–Kier alpha value is -2.74. The van der Waals surface area contributed by atoms with Crippen molar-refractivity contribution in [1.29, 1.82) is 0 Å². The number of halogens is 2. The molecule has 0 atom stereocenters. The molecule has 148 valence electrons. The van der Waals surface area contributed by atoms with Crippen LogP contribution in [-0.4, -0.2) is 24.3 Å². The minimum atomic E-state index is -2.64. The van der Waals surface area contributed by atoms with Crippen molar-refractivity contribution in [1.82, 2.24) is 24.3 Å². The molecule has 0 bridgehead atoms. The van der Waals surface area contributed by atoms with Crippen LogP contribution >= 0.6 is 11.8 Å². The summed E-state index contributed by atoms with van der Waals surface area (Å²) < 4.78 is 30.5. The molecule has 2 heterocycles. The van der Waals surface area contributed by atoms with Crippen molar-refractivity contribution in [3.63, 3.8) is 0 Å². The standard InChI is InChI=1S/C21H19F2N5S/c22-20(23)28-17-9-5-4-8-16(17)24-18(28)13-29-21-26-25-19(15-10-11-15)27(21)12-14-6-2-1-3-7-14/h1-9,15,20H,10-13H2. The van der Waals surface area contributed by atoms with Crippen LogP contribution in [0.1, 0.15) is 42.5 Å². The molecule has 4 aromatic rings. The van der Waals surface area contributed by atoms with Gasteiger partial charge >= 0.3 is 6.55 Å².